The third-order valence-electron chi connectivity index (χ3n) is 1.22. The summed E-state index contributed by atoms with van der Waals surface area (Å²) in [5.41, 5.74) is 0. The van der Waals surface area contributed by atoms with Crippen LogP contribution in [0.3, 0.4) is 0 Å². The fourth-order valence-electron chi connectivity index (χ4n) is 0.437. The van der Waals surface area contributed by atoms with E-state index in [0.29, 0.717) is 0 Å². The molecule has 0 amide bonds. The molecule has 0 spiro atoms. The monoisotopic (exact) mass is 308 g/mol. The Bertz CT molecular complexity index is 256. The van der Waals surface area contributed by atoms with Crippen molar-refractivity contribution in [1.29, 1.82) is 0 Å². The lowest BCUT2D eigenvalue weighted by Gasteiger charge is -2.24. The smallest absolute Gasteiger partial charge is 0.288 e. The topological polar surface area (TPSA) is 17.1 Å². The molecule has 0 rings (SSSR count). The molecule has 0 bridgehead atoms. The van der Waals surface area contributed by atoms with E-state index >= 15 is 0 Å². The van der Waals surface area contributed by atoms with Gasteiger partial charge in [0.2, 0.25) is 0 Å². The first-order chi connectivity index (χ1) is 6.35. The van der Waals surface area contributed by atoms with E-state index < -0.39 is 28.9 Å². The van der Waals surface area contributed by atoms with E-state index in [9.17, 15) is 39.9 Å². The van der Waals surface area contributed by atoms with Crippen LogP contribution in [0.2, 0.25) is 0 Å². The predicted molar refractivity (Wildman–Crippen MR) is 34.8 cm³/mol. The van der Waals surface area contributed by atoms with Crippen molar-refractivity contribution in [2.45, 2.75) is 23.1 Å². The maximum absolute atomic E-state index is 12.5. The molecule has 0 radical (unpaired) electrons. The van der Waals surface area contributed by atoms with E-state index in [1.165, 1.54) is 0 Å². The molecule has 0 saturated carbocycles. The Kier molecular flexibility index (Phi) is 3.77. The molecule has 15 heavy (non-hydrogen) atoms. The van der Waals surface area contributed by atoms with Gasteiger partial charge in [0.25, 0.3) is 5.78 Å². The second-order valence-corrected chi connectivity index (χ2v) is 3.42. The van der Waals surface area contributed by atoms with Crippen LogP contribution in [0, 0.1) is 0 Å². The highest BCUT2D eigenvalue weighted by Crippen LogP contribution is 2.44. The minimum absolute atomic E-state index is 1.02. The summed E-state index contributed by atoms with van der Waals surface area (Å²) in [4.78, 5) is 10.2. The molecule has 0 aliphatic carbocycles. The van der Waals surface area contributed by atoms with Gasteiger partial charge >= 0.3 is 23.1 Å². The highest BCUT2D eigenvalue weighted by Gasteiger charge is 2.69. The van der Waals surface area contributed by atoms with Crippen LogP contribution >= 0.6 is 15.9 Å². The lowest BCUT2D eigenvalue weighted by atomic mass is 10.1. The minimum Gasteiger partial charge on any atom is -0.288 e. The Morgan fingerprint density at radius 1 is 1.00 bits per heavy atom. The molecule has 90 valence electrons. The van der Waals surface area contributed by atoms with Crippen molar-refractivity contribution >= 4 is 21.7 Å². The van der Waals surface area contributed by atoms with Gasteiger partial charge in [-0.05, 0) is 15.9 Å². The van der Waals surface area contributed by atoms with Gasteiger partial charge in [0, 0.05) is 0 Å². The Morgan fingerprint density at radius 2 is 1.33 bits per heavy atom. The average molecular weight is 309 g/mol. The Hall–Kier alpha value is -0.410. The molecule has 10 heteroatoms. The standard InChI is InChI=1S/C5HBrF8O/c6-4(11,5(12,13)14)1(15)3(9,10)2(7)8/h2H. The summed E-state index contributed by atoms with van der Waals surface area (Å²) < 4.78 is 89.4. The Morgan fingerprint density at radius 3 is 1.53 bits per heavy atom. The van der Waals surface area contributed by atoms with Crippen molar-refractivity contribution in [2.75, 3.05) is 0 Å². The Labute approximate surface area is 85.6 Å². The maximum Gasteiger partial charge on any atom is 0.440 e. The highest BCUT2D eigenvalue weighted by molar-refractivity contribution is 9.10. The van der Waals surface area contributed by atoms with Crippen LogP contribution in [-0.4, -0.2) is 28.9 Å². The van der Waals surface area contributed by atoms with Gasteiger partial charge in [-0.15, -0.1) is 0 Å². The summed E-state index contributed by atoms with van der Waals surface area (Å²) in [5.74, 6) is -9.30. The number of hydrogen-bond acceptors (Lipinski definition) is 1. The van der Waals surface area contributed by atoms with Crippen molar-refractivity contribution < 1.29 is 39.9 Å². The Balaban J connectivity index is 5.19. The zero-order chi connectivity index (χ0) is 12.7. The minimum atomic E-state index is -6.05. The molecule has 0 aromatic rings. The number of halogens is 9. The molecular formula is C5HBrF8O. The summed E-state index contributed by atoms with van der Waals surface area (Å²) in [5, 5.41) is 0. The predicted octanol–water partition coefficient (Wildman–Crippen LogP) is 3.08. The largest absolute Gasteiger partial charge is 0.440 e. The van der Waals surface area contributed by atoms with E-state index in [-0.39, 0.29) is 0 Å². The van der Waals surface area contributed by atoms with Crippen molar-refractivity contribution in [3.63, 3.8) is 0 Å². The molecule has 0 fully saturated rings. The van der Waals surface area contributed by atoms with Gasteiger partial charge in [-0.25, -0.2) is 13.2 Å². The lowest BCUT2D eigenvalue weighted by molar-refractivity contribution is -0.217. The molecule has 0 saturated heterocycles. The summed E-state index contributed by atoms with van der Waals surface area (Å²) in [7, 11) is 0. The van der Waals surface area contributed by atoms with Crippen LogP contribution in [0.5, 0.6) is 0 Å². The highest BCUT2D eigenvalue weighted by atomic mass is 79.9. The molecule has 1 unspecified atom stereocenters. The second kappa shape index (κ2) is 3.87. The fraction of sp³-hybridized carbons (Fsp3) is 0.800. The zero-order valence-corrected chi connectivity index (χ0v) is 7.97. The van der Waals surface area contributed by atoms with Gasteiger partial charge < -0.3 is 0 Å². The first kappa shape index (κ1) is 14.6. The van der Waals surface area contributed by atoms with Crippen LogP contribution in [0.1, 0.15) is 0 Å². The molecular weight excluding hydrogens is 308 g/mol. The number of carbonyl (C=O) groups is 1. The summed E-state index contributed by atoms with van der Waals surface area (Å²) in [6, 6.07) is 0. The van der Waals surface area contributed by atoms with Gasteiger partial charge in [0.05, 0.1) is 0 Å². The van der Waals surface area contributed by atoms with Crippen molar-refractivity contribution in [2.24, 2.45) is 0 Å². The van der Waals surface area contributed by atoms with Gasteiger partial charge in [0.15, 0.2) is 0 Å². The number of Topliss-reactive ketones (excluding diaryl/α,β-unsaturated/α-hetero) is 1. The van der Waals surface area contributed by atoms with Crippen molar-refractivity contribution in [3.8, 4) is 0 Å². The summed E-state index contributed by atoms with van der Waals surface area (Å²) in [6.45, 7) is 0. The second-order valence-electron chi connectivity index (χ2n) is 2.32. The molecule has 1 nitrogen and oxygen atoms in total. The normalized spacial score (nSPS) is 17.7. The lowest BCUT2D eigenvalue weighted by Crippen LogP contribution is -2.53. The average Bonchev–Trinajstić information content (AvgIpc) is 2.00. The first-order valence-corrected chi connectivity index (χ1v) is 3.80. The first-order valence-electron chi connectivity index (χ1n) is 3.00. The third kappa shape index (κ3) is 2.58. The van der Waals surface area contributed by atoms with E-state index in [1.54, 1.807) is 0 Å². The van der Waals surface area contributed by atoms with E-state index in [0.717, 1.165) is 15.9 Å². The molecule has 0 N–H and O–H groups in total. The quantitative estimate of drug-likeness (QED) is 0.578. The summed E-state index contributed by atoms with van der Waals surface area (Å²) in [6.07, 6.45) is -10.8. The number of alkyl halides is 9. The number of ketones is 1. The van der Waals surface area contributed by atoms with Crippen LogP contribution in [0.4, 0.5) is 35.1 Å². The van der Waals surface area contributed by atoms with Crippen LogP contribution in [0.15, 0.2) is 0 Å². The van der Waals surface area contributed by atoms with Crippen LogP contribution in [-0.2, 0) is 4.79 Å². The van der Waals surface area contributed by atoms with Gasteiger partial charge in [-0.1, -0.05) is 0 Å². The maximum atomic E-state index is 12.5. The molecule has 0 aliphatic rings. The van der Waals surface area contributed by atoms with Crippen molar-refractivity contribution in [3.05, 3.63) is 0 Å². The van der Waals surface area contributed by atoms with Crippen LogP contribution < -0.4 is 0 Å². The van der Waals surface area contributed by atoms with Crippen molar-refractivity contribution in [1.82, 2.24) is 0 Å². The van der Waals surface area contributed by atoms with Gasteiger partial charge in [-0.2, -0.15) is 22.0 Å². The fourth-order valence-corrected chi connectivity index (χ4v) is 0.701. The molecule has 0 aromatic carbocycles. The number of rotatable bonds is 3. The molecule has 1 atom stereocenters. The van der Waals surface area contributed by atoms with E-state index in [1.807, 2.05) is 0 Å². The zero-order valence-electron chi connectivity index (χ0n) is 6.39. The summed E-state index contributed by atoms with van der Waals surface area (Å²) >= 11 is 1.02. The number of hydrogen-bond donors (Lipinski definition) is 0. The molecule has 0 aromatic heterocycles. The van der Waals surface area contributed by atoms with Gasteiger partial charge in [0.1, 0.15) is 0 Å². The third-order valence-corrected chi connectivity index (χ3v) is 2.03. The van der Waals surface area contributed by atoms with E-state index in [2.05, 4.69) is 0 Å². The molecule has 0 heterocycles. The van der Waals surface area contributed by atoms with E-state index in [4.69, 9.17) is 0 Å². The van der Waals surface area contributed by atoms with Gasteiger partial charge in [-0.3, -0.25) is 4.79 Å². The number of carbonyl (C=O) groups excluding carboxylic acids is 1. The molecule has 0 aliphatic heterocycles. The SMILES string of the molecule is O=C(C(F)(F)C(F)F)C(F)(Br)C(F)(F)F. The van der Waals surface area contributed by atoms with Crippen LogP contribution in [0.25, 0.3) is 0 Å².